The van der Waals surface area contributed by atoms with E-state index >= 15 is 0 Å². The summed E-state index contributed by atoms with van der Waals surface area (Å²) in [7, 11) is 0. The molecule has 2 aromatic carbocycles. The number of hydrogen-bond donors (Lipinski definition) is 2. The van der Waals surface area contributed by atoms with E-state index in [0.29, 0.717) is 28.7 Å². The van der Waals surface area contributed by atoms with Crippen molar-refractivity contribution in [1.29, 1.82) is 0 Å². The first-order chi connectivity index (χ1) is 16.7. The summed E-state index contributed by atoms with van der Waals surface area (Å²) in [6.07, 6.45) is 3.92. The number of carbonyl (C=O) groups excluding carboxylic acids is 2. The maximum absolute atomic E-state index is 13.0. The second kappa shape index (κ2) is 10.5. The van der Waals surface area contributed by atoms with Gasteiger partial charge in [0.1, 0.15) is 5.00 Å². The van der Waals surface area contributed by atoms with Gasteiger partial charge in [-0.3, -0.25) is 10.1 Å². The summed E-state index contributed by atoms with van der Waals surface area (Å²) in [6, 6.07) is 13.3. The molecule has 7 heteroatoms. The van der Waals surface area contributed by atoms with Gasteiger partial charge < -0.3 is 10.1 Å². The number of nitrogens with one attached hydrogen (secondary N) is 2. The highest BCUT2D eigenvalue weighted by Gasteiger charge is 2.35. The highest BCUT2D eigenvalue weighted by Crippen LogP contribution is 2.45. The third kappa shape index (κ3) is 5.26. The molecule has 1 aromatic heterocycles. The Morgan fingerprint density at radius 1 is 1.14 bits per heavy atom. The Balaban J connectivity index is 1.58. The Kier molecular flexibility index (Phi) is 7.57. The smallest absolute Gasteiger partial charge is 0.341 e. The molecule has 1 aliphatic carbocycles. The number of hydrogen-bond acceptors (Lipinski definition) is 5. The Labute approximate surface area is 216 Å². The molecule has 1 heterocycles. The summed E-state index contributed by atoms with van der Waals surface area (Å²) in [4.78, 5) is 27.2. The van der Waals surface area contributed by atoms with Crippen molar-refractivity contribution < 1.29 is 14.3 Å². The number of anilines is 1. The number of carbonyl (C=O) groups is 2. The molecule has 5 nitrogen and oxygen atoms in total. The number of benzene rings is 2. The molecule has 4 rings (SSSR count). The summed E-state index contributed by atoms with van der Waals surface area (Å²) >= 11 is 7.05. The minimum absolute atomic E-state index is 0.164. The van der Waals surface area contributed by atoms with Crippen molar-refractivity contribution >= 4 is 56.3 Å². The third-order valence-corrected chi connectivity index (χ3v) is 8.62. The molecule has 0 radical (unpaired) electrons. The molecule has 2 N–H and O–H groups in total. The van der Waals surface area contributed by atoms with Crippen LogP contribution in [-0.2, 0) is 17.6 Å². The predicted molar refractivity (Wildman–Crippen MR) is 147 cm³/mol. The lowest BCUT2D eigenvalue weighted by Gasteiger charge is -2.36. The molecule has 1 unspecified atom stereocenters. The Morgan fingerprint density at radius 3 is 2.63 bits per heavy atom. The van der Waals surface area contributed by atoms with Crippen molar-refractivity contribution in [3.63, 3.8) is 0 Å². The summed E-state index contributed by atoms with van der Waals surface area (Å²) in [5, 5.41) is 8.59. The van der Waals surface area contributed by atoms with E-state index in [0.717, 1.165) is 42.0 Å². The van der Waals surface area contributed by atoms with Gasteiger partial charge in [-0.15, -0.1) is 11.3 Å². The fourth-order valence-electron chi connectivity index (χ4n) is 4.78. The van der Waals surface area contributed by atoms with Gasteiger partial charge in [0.05, 0.1) is 12.2 Å². The van der Waals surface area contributed by atoms with Gasteiger partial charge in [-0.25, -0.2) is 4.79 Å². The van der Waals surface area contributed by atoms with Crippen LogP contribution in [0.5, 0.6) is 0 Å². The van der Waals surface area contributed by atoms with Crippen molar-refractivity contribution in [2.24, 2.45) is 11.3 Å². The van der Waals surface area contributed by atoms with Crippen LogP contribution in [0.1, 0.15) is 71.7 Å². The van der Waals surface area contributed by atoms with Crippen LogP contribution in [0.15, 0.2) is 42.5 Å². The van der Waals surface area contributed by atoms with Gasteiger partial charge in [0.2, 0.25) is 0 Å². The van der Waals surface area contributed by atoms with Crippen LogP contribution in [-0.4, -0.2) is 23.6 Å². The molecule has 184 valence electrons. The summed E-state index contributed by atoms with van der Waals surface area (Å²) in [5.41, 5.74) is 2.40. The lowest BCUT2D eigenvalue weighted by atomic mass is 9.69. The second-order valence-corrected chi connectivity index (χ2v) is 11.2. The van der Waals surface area contributed by atoms with E-state index in [2.05, 4.69) is 31.4 Å². The standard InChI is InChI=1S/C28H32N2O3S2/c1-5-28(3,4)18-14-15-21-22(16-18)35-25(23(21)26(32)33-6-2)30-27(34)29-24(31)20-13-9-11-17-10-7-8-12-19(17)20/h7-13,18H,5-6,14-16H2,1-4H3,(H2,29,30,31,34). The molecule has 0 saturated heterocycles. The maximum atomic E-state index is 13.0. The third-order valence-electron chi connectivity index (χ3n) is 7.25. The minimum Gasteiger partial charge on any atom is -0.462 e. The van der Waals surface area contributed by atoms with Crippen LogP contribution < -0.4 is 10.6 Å². The minimum atomic E-state index is -0.344. The summed E-state index contributed by atoms with van der Waals surface area (Å²) in [5.74, 6) is -0.0773. The summed E-state index contributed by atoms with van der Waals surface area (Å²) < 4.78 is 5.39. The van der Waals surface area contributed by atoms with E-state index in [1.54, 1.807) is 24.3 Å². The number of thiocarbonyl (C=S) groups is 1. The molecule has 1 aliphatic rings. The van der Waals surface area contributed by atoms with Gasteiger partial charge in [-0.2, -0.15) is 0 Å². The van der Waals surface area contributed by atoms with Gasteiger partial charge in [0.25, 0.3) is 5.91 Å². The largest absolute Gasteiger partial charge is 0.462 e. The van der Waals surface area contributed by atoms with Gasteiger partial charge >= 0.3 is 5.97 Å². The molecule has 0 saturated carbocycles. The molecule has 0 bridgehead atoms. The molecule has 0 spiro atoms. The first-order valence-electron chi connectivity index (χ1n) is 12.2. The lowest BCUT2D eigenvalue weighted by molar-refractivity contribution is 0.0526. The number of thiophene rings is 1. The Hall–Kier alpha value is -2.77. The van der Waals surface area contributed by atoms with Crippen molar-refractivity contribution in [2.45, 2.75) is 53.4 Å². The van der Waals surface area contributed by atoms with Gasteiger partial charge in [-0.1, -0.05) is 63.6 Å². The van der Waals surface area contributed by atoms with Crippen LogP contribution in [0.4, 0.5) is 5.00 Å². The SMILES string of the molecule is CCOC(=O)c1c(NC(=S)NC(=O)c2cccc3ccccc23)sc2c1CCC(C(C)(C)CC)C2. The molecule has 1 atom stereocenters. The monoisotopic (exact) mass is 508 g/mol. The van der Waals surface area contributed by atoms with Crippen LogP contribution in [0, 0.1) is 11.3 Å². The Bertz CT molecular complexity index is 1270. The number of fused-ring (bicyclic) bond motifs is 2. The molecule has 3 aromatic rings. The van der Waals surface area contributed by atoms with Crippen molar-refractivity contribution in [2.75, 3.05) is 11.9 Å². The van der Waals surface area contributed by atoms with E-state index in [1.165, 1.54) is 4.88 Å². The highest BCUT2D eigenvalue weighted by molar-refractivity contribution is 7.80. The first kappa shape index (κ1) is 25.3. The highest BCUT2D eigenvalue weighted by atomic mass is 32.1. The number of esters is 1. The van der Waals surface area contributed by atoms with Crippen LogP contribution >= 0.6 is 23.6 Å². The van der Waals surface area contributed by atoms with Crippen LogP contribution in [0.25, 0.3) is 10.8 Å². The zero-order valence-corrected chi connectivity index (χ0v) is 22.3. The second-order valence-electron chi connectivity index (χ2n) is 9.65. The molecule has 35 heavy (non-hydrogen) atoms. The van der Waals surface area contributed by atoms with Crippen LogP contribution in [0.3, 0.4) is 0 Å². The lowest BCUT2D eigenvalue weighted by Crippen LogP contribution is -2.34. The molecule has 0 fully saturated rings. The Morgan fingerprint density at radius 2 is 1.89 bits per heavy atom. The average molecular weight is 509 g/mol. The van der Waals surface area contributed by atoms with Crippen LogP contribution in [0.2, 0.25) is 0 Å². The quantitative estimate of drug-likeness (QED) is 0.285. The fraction of sp³-hybridized carbons (Fsp3) is 0.393. The summed E-state index contributed by atoms with van der Waals surface area (Å²) in [6.45, 7) is 8.98. The first-order valence-corrected chi connectivity index (χ1v) is 13.4. The van der Waals surface area contributed by atoms with E-state index in [1.807, 2.05) is 36.4 Å². The fourth-order valence-corrected chi connectivity index (χ4v) is 6.36. The molecule has 1 amide bonds. The zero-order chi connectivity index (χ0) is 25.2. The van der Waals surface area contributed by atoms with Crippen molar-refractivity contribution in [1.82, 2.24) is 5.32 Å². The molecular weight excluding hydrogens is 476 g/mol. The topological polar surface area (TPSA) is 67.4 Å². The van der Waals surface area contributed by atoms with Gasteiger partial charge in [0.15, 0.2) is 5.11 Å². The normalized spacial score (nSPS) is 15.4. The van der Waals surface area contributed by atoms with E-state index in [4.69, 9.17) is 17.0 Å². The van der Waals surface area contributed by atoms with Crippen molar-refractivity contribution in [3.8, 4) is 0 Å². The predicted octanol–water partition coefficient (Wildman–Crippen LogP) is 6.75. The maximum Gasteiger partial charge on any atom is 0.341 e. The van der Waals surface area contributed by atoms with E-state index in [-0.39, 0.29) is 22.4 Å². The number of ether oxygens (including phenoxy) is 1. The number of amides is 1. The number of rotatable bonds is 6. The van der Waals surface area contributed by atoms with E-state index < -0.39 is 0 Å². The molecule has 0 aliphatic heterocycles. The van der Waals surface area contributed by atoms with E-state index in [9.17, 15) is 9.59 Å². The zero-order valence-electron chi connectivity index (χ0n) is 20.7. The molecular formula is C28H32N2O3S2. The van der Waals surface area contributed by atoms with Crippen molar-refractivity contribution in [3.05, 3.63) is 64.0 Å². The van der Waals surface area contributed by atoms with Gasteiger partial charge in [0, 0.05) is 10.4 Å². The van der Waals surface area contributed by atoms with Gasteiger partial charge in [-0.05, 0) is 72.1 Å². The average Bonchev–Trinajstić information content (AvgIpc) is 3.20.